The molecular formula is C9H19ClO2. The Morgan fingerprint density at radius 1 is 1.33 bits per heavy atom. The Kier molecular flexibility index (Phi) is 6.81. The fourth-order valence-corrected chi connectivity index (χ4v) is 1.14. The van der Waals surface area contributed by atoms with Crippen molar-refractivity contribution in [1.82, 2.24) is 0 Å². The van der Waals surface area contributed by atoms with E-state index in [-0.39, 0.29) is 12.0 Å². The zero-order valence-electron chi connectivity index (χ0n) is 8.09. The molecule has 0 radical (unpaired) electrons. The summed E-state index contributed by atoms with van der Waals surface area (Å²) in [6.45, 7) is 6.66. The molecule has 0 rings (SSSR count). The number of alkyl halides is 1. The summed E-state index contributed by atoms with van der Waals surface area (Å²) in [4.78, 5) is 0. The van der Waals surface area contributed by atoms with Crippen molar-refractivity contribution < 1.29 is 9.84 Å². The molecule has 2 nitrogen and oxygen atoms in total. The van der Waals surface area contributed by atoms with E-state index < -0.39 is 6.10 Å². The predicted octanol–water partition coefficient (Wildman–Crippen LogP) is 2.04. The third-order valence-corrected chi connectivity index (χ3v) is 1.91. The highest BCUT2D eigenvalue weighted by atomic mass is 35.5. The highest BCUT2D eigenvalue weighted by Crippen LogP contribution is 2.07. The molecule has 74 valence electrons. The maximum atomic E-state index is 9.08. The first-order valence-electron chi connectivity index (χ1n) is 4.41. The van der Waals surface area contributed by atoms with Gasteiger partial charge in [0, 0.05) is 0 Å². The summed E-state index contributed by atoms with van der Waals surface area (Å²) in [5.74, 6) is 0.877. The van der Waals surface area contributed by atoms with Gasteiger partial charge in [-0.15, -0.1) is 11.6 Å². The molecular weight excluding hydrogens is 176 g/mol. The van der Waals surface area contributed by atoms with Crippen LogP contribution in [0.5, 0.6) is 0 Å². The summed E-state index contributed by atoms with van der Waals surface area (Å²) in [7, 11) is 0. The van der Waals surface area contributed by atoms with Crippen LogP contribution in [0, 0.1) is 5.92 Å². The zero-order chi connectivity index (χ0) is 9.56. The molecule has 0 fully saturated rings. The van der Waals surface area contributed by atoms with Gasteiger partial charge in [-0.1, -0.05) is 13.8 Å². The Morgan fingerprint density at radius 2 is 1.92 bits per heavy atom. The zero-order valence-corrected chi connectivity index (χ0v) is 8.84. The Balaban J connectivity index is 3.36. The molecule has 0 bridgehead atoms. The Morgan fingerprint density at radius 3 is 2.33 bits per heavy atom. The van der Waals surface area contributed by atoms with Crippen LogP contribution in [0.4, 0.5) is 0 Å². The third kappa shape index (κ3) is 6.89. The molecule has 3 heteroatoms. The van der Waals surface area contributed by atoms with Crippen molar-refractivity contribution in [2.24, 2.45) is 5.92 Å². The number of aliphatic hydroxyl groups is 1. The second-order valence-electron chi connectivity index (χ2n) is 3.58. The summed E-state index contributed by atoms with van der Waals surface area (Å²) in [6.07, 6.45) is 0.707. The van der Waals surface area contributed by atoms with Gasteiger partial charge in [0.05, 0.1) is 24.7 Å². The van der Waals surface area contributed by atoms with Crippen molar-refractivity contribution in [3.63, 3.8) is 0 Å². The van der Waals surface area contributed by atoms with Crippen LogP contribution < -0.4 is 0 Å². The summed E-state index contributed by atoms with van der Waals surface area (Å²) in [6, 6.07) is 0. The lowest BCUT2D eigenvalue weighted by molar-refractivity contribution is -0.00140. The largest absolute Gasteiger partial charge is 0.389 e. The quantitative estimate of drug-likeness (QED) is 0.656. The monoisotopic (exact) mass is 194 g/mol. The van der Waals surface area contributed by atoms with Crippen molar-refractivity contribution >= 4 is 11.6 Å². The minimum absolute atomic E-state index is 0.211. The molecule has 0 amide bonds. The lowest BCUT2D eigenvalue weighted by atomic mass is 10.1. The fourth-order valence-electron chi connectivity index (χ4n) is 1.05. The van der Waals surface area contributed by atoms with E-state index in [0.29, 0.717) is 12.5 Å². The van der Waals surface area contributed by atoms with Gasteiger partial charge < -0.3 is 9.84 Å². The van der Waals surface area contributed by atoms with Crippen LogP contribution in [-0.2, 0) is 4.74 Å². The predicted molar refractivity (Wildman–Crippen MR) is 51.6 cm³/mol. The number of hydrogen-bond acceptors (Lipinski definition) is 2. The maximum absolute atomic E-state index is 9.08. The number of hydrogen-bond donors (Lipinski definition) is 1. The summed E-state index contributed by atoms with van der Waals surface area (Å²) < 4.78 is 5.37. The van der Waals surface area contributed by atoms with E-state index in [1.807, 2.05) is 6.92 Å². The molecule has 0 saturated carbocycles. The van der Waals surface area contributed by atoms with Crippen molar-refractivity contribution in [1.29, 1.82) is 0 Å². The van der Waals surface area contributed by atoms with E-state index in [1.54, 1.807) is 0 Å². The minimum Gasteiger partial charge on any atom is -0.389 e. The Hall–Kier alpha value is 0.210. The molecule has 1 N–H and O–H groups in total. The molecule has 12 heavy (non-hydrogen) atoms. The molecule has 0 aromatic carbocycles. The van der Waals surface area contributed by atoms with Gasteiger partial charge in [-0.05, 0) is 19.3 Å². The van der Waals surface area contributed by atoms with Crippen LogP contribution >= 0.6 is 11.6 Å². The lowest BCUT2D eigenvalue weighted by Gasteiger charge is -2.16. The first kappa shape index (κ1) is 12.2. The number of halogens is 1. The average molecular weight is 195 g/mol. The van der Waals surface area contributed by atoms with Gasteiger partial charge in [-0.2, -0.15) is 0 Å². The Labute approximate surface area is 79.9 Å². The van der Waals surface area contributed by atoms with E-state index in [4.69, 9.17) is 21.4 Å². The molecule has 0 aliphatic heterocycles. The van der Waals surface area contributed by atoms with Crippen molar-refractivity contribution in [2.45, 2.75) is 39.4 Å². The number of ether oxygens (including phenoxy) is 1. The summed E-state index contributed by atoms with van der Waals surface area (Å²) in [5, 5.41) is 9.08. The second-order valence-corrected chi connectivity index (χ2v) is 3.89. The molecule has 0 saturated heterocycles. The molecule has 0 aliphatic rings. The molecule has 0 spiro atoms. The van der Waals surface area contributed by atoms with Crippen LogP contribution in [0.2, 0.25) is 0 Å². The molecule has 0 aliphatic carbocycles. The van der Waals surface area contributed by atoms with Gasteiger partial charge in [0.25, 0.3) is 0 Å². The van der Waals surface area contributed by atoms with E-state index in [2.05, 4.69) is 13.8 Å². The molecule has 0 aromatic heterocycles. The van der Waals surface area contributed by atoms with Crippen molar-refractivity contribution in [2.75, 3.05) is 12.5 Å². The van der Waals surface area contributed by atoms with E-state index in [0.717, 1.165) is 6.42 Å². The van der Waals surface area contributed by atoms with Gasteiger partial charge in [0.1, 0.15) is 0 Å². The molecule has 2 atom stereocenters. The maximum Gasteiger partial charge on any atom is 0.0908 e. The highest BCUT2D eigenvalue weighted by Gasteiger charge is 2.08. The van der Waals surface area contributed by atoms with Gasteiger partial charge in [0.15, 0.2) is 0 Å². The van der Waals surface area contributed by atoms with Crippen LogP contribution in [0.25, 0.3) is 0 Å². The second kappa shape index (κ2) is 6.70. The fraction of sp³-hybridized carbons (Fsp3) is 1.00. The van der Waals surface area contributed by atoms with Gasteiger partial charge in [0.2, 0.25) is 0 Å². The van der Waals surface area contributed by atoms with Crippen LogP contribution in [0.15, 0.2) is 0 Å². The minimum atomic E-state index is -0.527. The first-order valence-corrected chi connectivity index (χ1v) is 4.95. The summed E-state index contributed by atoms with van der Waals surface area (Å²) >= 11 is 5.41. The standard InChI is InChI=1S/C9H19ClO2/c1-7(2)4-8(3)12-6-9(11)5-10/h7-9,11H,4-6H2,1-3H3. The van der Waals surface area contributed by atoms with E-state index in [1.165, 1.54) is 0 Å². The van der Waals surface area contributed by atoms with E-state index in [9.17, 15) is 0 Å². The number of rotatable bonds is 6. The Bertz CT molecular complexity index is 107. The van der Waals surface area contributed by atoms with Gasteiger partial charge in [-0.3, -0.25) is 0 Å². The van der Waals surface area contributed by atoms with Crippen LogP contribution in [-0.4, -0.2) is 29.8 Å². The molecule has 0 aromatic rings. The molecule has 2 unspecified atom stereocenters. The highest BCUT2D eigenvalue weighted by molar-refractivity contribution is 6.18. The lowest BCUT2D eigenvalue weighted by Crippen LogP contribution is -2.22. The van der Waals surface area contributed by atoms with Crippen molar-refractivity contribution in [3.05, 3.63) is 0 Å². The number of aliphatic hydroxyl groups excluding tert-OH is 1. The first-order chi connectivity index (χ1) is 5.56. The van der Waals surface area contributed by atoms with Gasteiger partial charge >= 0.3 is 0 Å². The average Bonchev–Trinajstić information content (AvgIpc) is 1.99. The van der Waals surface area contributed by atoms with Gasteiger partial charge in [-0.25, -0.2) is 0 Å². The molecule has 0 heterocycles. The van der Waals surface area contributed by atoms with Crippen LogP contribution in [0.1, 0.15) is 27.2 Å². The smallest absolute Gasteiger partial charge is 0.0908 e. The topological polar surface area (TPSA) is 29.5 Å². The SMILES string of the molecule is CC(C)CC(C)OCC(O)CCl. The summed E-state index contributed by atoms with van der Waals surface area (Å²) in [5.41, 5.74) is 0. The van der Waals surface area contributed by atoms with E-state index >= 15 is 0 Å². The van der Waals surface area contributed by atoms with Crippen molar-refractivity contribution in [3.8, 4) is 0 Å². The normalized spacial score (nSPS) is 16.5. The van der Waals surface area contributed by atoms with Crippen LogP contribution in [0.3, 0.4) is 0 Å². The third-order valence-electron chi connectivity index (χ3n) is 1.55.